The Morgan fingerprint density at radius 3 is 2.95 bits per heavy atom. The summed E-state index contributed by atoms with van der Waals surface area (Å²) in [4.78, 5) is 14.4. The molecule has 0 aliphatic carbocycles. The van der Waals surface area contributed by atoms with E-state index in [0.717, 1.165) is 47.7 Å². The fourth-order valence-electron chi connectivity index (χ4n) is 2.79. The summed E-state index contributed by atoms with van der Waals surface area (Å²) in [6.07, 6.45) is 2.02. The maximum Gasteiger partial charge on any atom is 0.254 e. The first kappa shape index (κ1) is 13.7. The summed E-state index contributed by atoms with van der Waals surface area (Å²) >= 11 is 0. The fraction of sp³-hybridized carbons (Fsp3) is 0.353. The minimum atomic E-state index is 0.0459. The molecule has 1 aromatic carbocycles. The van der Waals surface area contributed by atoms with Crippen LogP contribution in [0.1, 0.15) is 33.9 Å². The van der Waals surface area contributed by atoms with Crippen LogP contribution in [0.25, 0.3) is 0 Å². The molecule has 1 amide bonds. The van der Waals surface area contributed by atoms with Crippen molar-refractivity contribution in [2.45, 2.75) is 26.3 Å². The van der Waals surface area contributed by atoms with Crippen molar-refractivity contribution in [2.24, 2.45) is 0 Å². The molecule has 0 radical (unpaired) electrons. The number of fused-ring (bicyclic) bond motifs is 1. The molecule has 1 N–H and O–H groups in total. The predicted octanol–water partition coefficient (Wildman–Crippen LogP) is 3.22. The smallest absolute Gasteiger partial charge is 0.254 e. The molecule has 0 unspecified atom stereocenters. The van der Waals surface area contributed by atoms with Crippen LogP contribution in [0, 0.1) is 6.92 Å². The van der Waals surface area contributed by atoms with Gasteiger partial charge in [-0.25, -0.2) is 0 Å². The second kappa shape index (κ2) is 5.64. The third kappa shape index (κ3) is 2.79. The number of nitrogens with zero attached hydrogens (tertiary/aromatic N) is 1. The van der Waals surface area contributed by atoms with Gasteiger partial charge in [-0.05, 0) is 49.6 Å². The SMILES string of the molecule is Cc1ccc(CN(C)C(=O)c2cccc3c2CCCN3)o1. The second-order valence-electron chi connectivity index (χ2n) is 5.54. The molecule has 2 heterocycles. The number of amides is 1. The summed E-state index contributed by atoms with van der Waals surface area (Å²) in [6.45, 7) is 3.38. The van der Waals surface area contributed by atoms with Crippen LogP contribution >= 0.6 is 0 Å². The molecule has 0 atom stereocenters. The van der Waals surface area contributed by atoms with Crippen LogP contribution < -0.4 is 5.32 Å². The lowest BCUT2D eigenvalue weighted by molar-refractivity contribution is 0.0774. The number of furan rings is 1. The van der Waals surface area contributed by atoms with Crippen LogP contribution in [0.3, 0.4) is 0 Å². The van der Waals surface area contributed by atoms with Gasteiger partial charge in [0.25, 0.3) is 5.91 Å². The average molecular weight is 284 g/mol. The third-order valence-corrected chi connectivity index (χ3v) is 3.86. The number of carbonyl (C=O) groups is 1. The Labute approximate surface area is 124 Å². The first-order valence-electron chi connectivity index (χ1n) is 7.31. The summed E-state index contributed by atoms with van der Waals surface area (Å²) in [5, 5.41) is 3.36. The largest absolute Gasteiger partial charge is 0.464 e. The number of rotatable bonds is 3. The molecule has 2 aromatic rings. The van der Waals surface area contributed by atoms with E-state index >= 15 is 0 Å². The Hall–Kier alpha value is -2.23. The Morgan fingerprint density at radius 1 is 1.33 bits per heavy atom. The van der Waals surface area contributed by atoms with Crippen molar-refractivity contribution in [1.29, 1.82) is 0 Å². The van der Waals surface area contributed by atoms with Gasteiger partial charge in [0.15, 0.2) is 0 Å². The number of aryl methyl sites for hydroxylation is 1. The molecular weight excluding hydrogens is 264 g/mol. The van der Waals surface area contributed by atoms with E-state index in [9.17, 15) is 4.79 Å². The summed E-state index contributed by atoms with van der Waals surface area (Å²) in [5.74, 6) is 1.73. The van der Waals surface area contributed by atoms with E-state index in [0.29, 0.717) is 6.54 Å². The topological polar surface area (TPSA) is 45.5 Å². The monoisotopic (exact) mass is 284 g/mol. The van der Waals surface area contributed by atoms with Gasteiger partial charge < -0.3 is 14.6 Å². The Balaban J connectivity index is 1.81. The Morgan fingerprint density at radius 2 is 2.19 bits per heavy atom. The van der Waals surface area contributed by atoms with Crippen molar-refractivity contribution in [2.75, 3.05) is 18.9 Å². The average Bonchev–Trinajstić information content (AvgIpc) is 2.91. The van der Waals surface area contributed by atoms with E-state index in [-0.39, 0.29) is 5.91 Å². The van der Waals surface area contributed by atoms with E-state index in [1.807, 2.05) is 44.3 Å². The number of carbonyl (C=O) groups excluding carboxylic acids is 1. The van der Waals surface area contributed by atoms with Gasteiger partial charge in [0, 0.05) is 24.8 Å². The first-order chi connectivity index (χ1) is 10.1. The lowest BCUT2D eigenvalue weighted by atomic mass is 9.97. The Bertz CT molecular complexity index is 661. The predicted molar refractivity (Wildman–Crippen MR) is 82.5 cm³/mol. The normalized spacial score (nSPS) is 13.4. The zero-order chi connectivity index (χ0) is 14.8. The van der Waals surface area contributed by atoms with Crippen LogP contribution in [0.4, 0.5) is 5.69 Å². The highest BCUT2D eigenvalue weighted by molar-refractivity contribution is 5.97. The molecule has 21 heavy (non-hydrogen) atoms. The number of nitrogens with one attached hydrogen (secondary N) is 1. The molecule has 3 rings (SSSR count). The summed E-state index contributed by atoms with van der Waals surface area (Å²) in [5.41, 5.74) is 3.02. The van der Waals surface area contributed by atoms with E-state index in [2.05, 4.69) is 5.32 Å². The third-order valence-electron chi connectivity index (χ3n) is 3.86. The van der Waals surface area contributed by atoms with Crippen LogP contribution in [0.5, 0.6) is 0 Å². The standard InChI is InChI=1S/C17H20N2O2/c1-12-8-9-13(21-12)11-19(2)17(20)15-5-3-7-16-14(15)6-4-10-18-16/h3,5,7-9,18H,4,6,10-11H2,1-2H3. The lowest BCUT2D eigenvalue weighted by Gasteiger charge is -2.23. The van der Waals surface area contributed by atoms with Crippen LogP contribution in [0.15, 0.2) is 34.7 Å². The van der Waals surface area contributed by atoms with Gasteiger partial charge in [0.05, 0.1) is 6.54 Å². The highest BCUT2D eigenvalue weighted by atomic mass is 16.3. The number of hydrogen-bond acceptors (Lipinski definition) is 3. The van der Waals surface area contributed by atoms with Gasteiger partial charge in [-0.2, -0.15) is 0 Å². The van der Waals surface area contributed by atoms with Gasteiger partial charge >= 0.3 is 0 Å². The molecule has 0 bridgehead atoms. The van der Waals surface area contributed by atoms with Crippen molar-refractivity contribution >= 4 is 11.6 Å². The van der Waals surface area contributed by atoms with E-state index < -0.39 is 0 Å². The minimum Gasteiger partial charge on any atom is -0.464 e. The molecular formula is C17H20N2O2. The van der Waals surface area contributed by atoms with Crippen molar-refractivity contribution < 1.29 is 9.21 Å². The highest BCUT2D eigenvalue weighted by Gasteiger charge is 2.20. The van der Waals surface area contributed by atoms with Crippen LogP contribution in [-0.2, 0) is 13.0 Å². The molecule has 110 valence electrons. The molecule has 1 aliphatic heterocycles. The lowest BCUT2D eigenvalue weighted by Crippen LogP contribution is -2.28. The van der Waals surface area contributed by atoms with Gasteiger partial charge in [-0.1, -0.05) is 6.07 Å². The van der Waals surface area contributed by atoms with Crippen molar-refractivity contribution in [3.63, 3.8) is 0 Å². The highest BCUT2D eigenvalue weighted by Crippen LogP contribution is 2.26. The van der Waals surface area contributed by atoms with E-state index in [1.54, 1.807) is 4.90 Å². The van der Waals surface area contributed by atoms with Crippen LogP contribution in [-0.4, -0.2) is 24.4 Å². The van der Waals surface area contributed by atoms with Crippen molar-refractivity contribution in [3.8, 4) is 0 Å². The number of anilines is 1. The molecule has 0 saturated heterocycles. The Kier molecular flexibility index (Phi) is 3.69. The van der Waals surface area contributed by atoms with Gasteiger partial charge in [-0.15, -0.1) is 0 Å². The minimum absolute atomic E-state index is 0.0459. The van der Waals surface area contributed by atoms with Gasteiger partial charge in [0.1, 0.15) is 11.5 Å². The quantitative estimate of drug-likeness (QED) is 0.941. The fourth-order valence-corrected chi connectivity index (χ4v) is 2.79. The molecule has 4 nitrogen and oxygen atoms in total. The zero-order valence-corrected chi connectivity index (χ0v) is 12.5. The second-order valence-corrected chi connectivity index (χ2v) is 5.54. The first-order valence-corrected chi connectivity index (χ1v) is 7.31. The zero-order valence-electron chi connectivity index (χ0n) is 12.5. The van der Waals surface area contributed by atoms with Gasteiger partial charge in [-0.3, -0.25) is 4.79 Å². The maximum atomic E-state index is 12.7. The van der Waals surface area contributed by atoms with Crippen LogP contribution in [0.2, 0.25) is 0 Å². The maximum absolute atomic E-state index is 12.7. The summed E-state index contributed by atoms with van der Waals surface area (Å²) in [7, 11) is 1.82. The van der Waals surface area contributed by atoms with Crippen molar-refractivity contribution in [1.82, 2.24) is 4.90 Å². The van der Waals surface area contributed by atoms with E-state index in [4.69, 9.17) is 4.42 Å². The summed E-state index contributed by atoms with van der Waals surface area (Å²) < 4.78 is 5.55. The number of benzene rings is 1. The molecule has 0 spiro atoms. The van der Waals surface area contributed by atoms with E-state index in [1.165, 1.54) is 0 Å². The van der Waals surface area contributed by atoms with Crippen molar-refractivity contribution in [3.05, 3.63) is 53.0 Å². The summed E-state index contributed by atoms with van der Waals surface area (Å²) in [6, 6.07) is 9.73. The number of hydrogen-bond donors (Lipinski definition) is 1. The molecule has 1 aromatic heterocycles. The molecule has 0 saturated carbocycles. The molecule has 4 heteroatoms. The van der Waals surface area contributed by atoms with Gasteiger partial charge in [0.2, 0.25) is 0 Å². The molecule has 0 fully saturated rings. The molecule has 1 aliphatic rings.